The summed E-state index contributed by atoms with van der Waals surface area (Å²) in [4.78, 5) is 45.1. The summed E-state index contributed by atoms with van der Waals surface area (Å²) in [6, 6.07) is 5.96. The zero-order chi connectivity index (χ0) is 24.3. The third-order valence-electron chi connectivity index (χ3n) is 6.26. The molecule has 9 nitrogen and oxygen atoms in total. The minimum absolute atomic E-state index is 0.00383. The molecule has 12 heteroatoms. The van der Waals surface area contributed by atoms with Crippen molar-refractivity contribution in [2.75, 3.05) is 18.0 Å². The molecule has 34 heavy (non-hydrogen) atoms. The number of nitrogens with zero attached hydrogens (tertiary/aromatic N) is 2. The van der Waals surface area contributed by atoms with Crippen LogP contribution in [0.5, 0.6) is 0 Å². The highest BCUT2D eigenvalue weighted by molar-refractivity contribution is 7.17. The molecule has 1 saturated heterocycles. The second-order valence-electron chi connectivity index (χ2n) is 8.35. The summed E-state index contributed by atoms with van der Waals surface area (Å²) in [5, 5.41) is 22.9. The third-order valence-corrected chi connectivity index (χ3v) is 8.31. The second kappa shape index (κ2) is 8.30. The van der Waals surface area contributed by atoms with Gasteiger partial charge in [-0.15, -0.1) is 0 Å². The second-order valence-corrected chi connectivity index (χ2v) is 10.1. The molecule has 1 saturated carbocycles. The number of anilines is 1. The predicted molar refractivity (Wildman–Crippen MR) is 127 cm³/mol. The monoisotopic (exact) mass is 520 g/mol. The predicted octanol–water partition coefficient (Wildman–Crippen LogP) is 4.01. The minimum Gasteiger partial charge on any atom is -0.478 e. The molecule has 2 aromatic heterocycles. The van der Waals surface area contributed by atoms with Crippen molar-refractivity contribution in [3.8, 4) is 11.3 Å². The van der Waals surface area contributed by atoms with Gasteiger partial charge in [-0.2, -0.15) is 0 Å². The molecular weight excluding hydrogens is 503 g/mol. The van der Waals surface area contributed by atoms with Gasteiger partial charge in [0.05, 0.1) is 21.3 Å². The highest BCUT2D eigenvalue weighted by Gasteiger charge is 2.57. The lowest BCUT2D eigenvalue weighted by Crippen LogP contribution is -2.34. The molecule has 1 unspecified atom stereocenters. The summed E-state index contributed by atoms with van der Waals surface area (Å²) in [5.41, 5.74) is 1.84. The van der Waals surface area contributed by atoms with Crippen LogP contribution in [-0.4, -0.2) is 57.2 Å². The van der Waals surface area contributed by atoms with Crippen molar-refractivity contribution in [2.45, 2.75) is 13.0 Å². The summed E-state index contributed by atoms with van der Waals surface area (Å²) in [7, 11) is 0. The fraction of sp³-hybridized carbons (Fsp3) is 0.273. The Hall–Kier alpha value is -3.08. The van der Waals surface area contributed by atoms with Crippen LogP contribution in [0.25, 0.3) is 11.3 Å². The van der Waals surface area contributed by atoms with E-state index < -0.39 is 11.9 Å². The smallest absolute Gasteiger partial charge is 0.348 e. The van der Waals surface area contributed by atoms with Gasteiger partial charge in [0.1, 0.15) is 10.6 Å². The van der Waals surface area contributed by atoms with E-state index in [2.05, 4.69) is 15.3 Å². The quantitative estimate of drug-likeness (QED) is 0.385. The van der Waals surface area contributed by atoms with Gasteiger partial charge in [-0.05, 0) is 19.1 Å². The van der Waals surface area contributed by atoms with E-state index in [0.29, 0.717) is 40.2 Å². The molecule has 1 aromatic carbocycles. The maximum absolute atomic E-state index is 12.6. The van der Waals surface area contributed by atoms with Crippen LogP contribution in [0.2, 0.25) is 10.0 Å². The Bertz CT molecular complexity index is 1320. The van der Waals surface area contributed by atoms with E-state index in [9.17, 15) is 19.5 Å². The number of thiazole rings is 1. The average molecular weight is 521 g/mol. The van der Waals surface area contributed by atoms with E-state index in [0.717, 1.165) is 11.3 Å². The summed E-state index contributed by atoms with van der Waals surface area (Å²) in [6.07, 6.45) is 0. The lowest BCUT2D eigenvalue weighted by Gasteiger charge is -2.19. The molecule has 1 aliphatic heterocycles. The van der Waals surface area contributed by atoms with Crippen molar-refractivity contribution in [1.29, 1.82) is 0 Å². The van der Waals surface area contributed by atoms with Crippen molar-refractivity contribution in [3.05, 3.63) is 56.1 Å². The number of nitrogens with one attached hydrogen (secondary N) is 2. The number of H-pyrrole nitrogens is 1. The number of rotatable bonds is 6. The van der Waals surface area contributed by atoms with E-state index in [4.69, 9.17) is 28.3 Å². The summed E-state index contributed by atoms with van der Waals surface area (Å²) < 4.78 is 0. The Balaban J connectivity index is 1.28. The van der Waals surface area contributed by atoms with E-state index in [1.165, 1.54) is 12.1 Å². The Labute approximate surface area is 207 Å². The van der Waals surface area contributed by atoms with Gasteiger partial charge >= 0.3 is 11.9 Å². The molecule has 0 radical (unpaired) electrons. The number of halogens is 2. The lowest BCUT2D eigenvalue weighted by atomic mass is 10.1. The number of hydrogen-bond acceptors (Lipinski definition) is 6. The number of carboxylic acids is 2. The lowest BCUT2D eigenvalue weighted by molar-refractivity contribution is 0.0688. The van der Waals surface area contributed by atoms with Crippen LogP contribution in [0.15, 0.2) is 24.3 Å². The molecule has 0 bridgehead atoms. The highest BCUT2D eigenvalue weighted by Crippen LogP contribution is 2.48. The Morgan fingerprint density at radius 3 is 2.26 bits per heavy atom. The van der Waals surface area contributed by atoms with Crippen molar-refractivity contribution in [1.82, 2.24) is 15.3 Å². The van der Waals surface area contributed by atoms with E-state index in [-0.39, 0.29) is 44.9 Å². The summed E-state index contributed by atoms with van der Waals surface area (Å²) in [5.74, 6) is -2.00. The molecule has 1 amide bonds. The molecule has 3 heterocycles. The van der Waals surface area contributed by atoms with E-state index in [1.54, 1.807) is 19.1 Å². The normalized spacial score (nSPS) is 20.8. The number of aryl methyl sites for hydroxylation is 1. The molecule has 5 rings (SSSR count). The van der Waals surface area contributed by atoms with Crippen LogP contribution < -0.4 is 10.2 Å². The van der Waals surface area contributed by atoms with Crippen LogP contribution in [0.1, 0.15) is 36.2 Å². The Morgan fingerprint density at radius 1 is 1.09 bits per heavy atom. The zero-order valence-electron chi connectivity index (χ0n) is 17.6. The van der Waals surface area contributed by atoms with Gasteiger partial charge in [0.15, 0.2) is 5.13 Å². The molecule has 176 valence electrons. The topological polar surface area (TPSA) is 136 Å². The SMILES string of the molecule is Cc1[nH]c(C(=O)NC2[C@H]3CN(c4nc(-c5ccc(C(=O)O)cc5)c(C(=O)O)s4)C[C@@H]23)c(Cl)c1Cl. The number of hydrogen-bond donors (Lipinski definition) is 4. The van der Waals surface area contributed by atoms with Gasteiger partial charge < -0.3 is 25.4 Å². The maximum Gasteiger partial charge on any atom is 0.348 e. The molecule has 1 aliphatic carbocycles. The van der Waals surface area contributed by atoms with Crippen LogP contribution >= 0.6 is 34.5 Å². The zero-order valence-corrected chi connectivity index (χ0v) is 20.0. The van der Waals surface area contributed by atoms with Crippen LogP contribution in [0.3, 0.4) is 0 Å². The number of carbonyl (C=O) groups excluding carboxylic acids is 1. The Morgan fingerprint density at radius 2 is 1.74 bits per heavy atom. The largest absolute Gasteiger partial charge is 0.478 e. The number of benzene rings is 1. The van der Waals surface area contributed by atoms with Crippen LogP contribution in [-0.2, 0) is 0 Å². The molecule has 4 N–H and O–H groups in total. The van der Waals surface area contributed by atoms with Crippen molar-refractivity contribution < 1.29 is 24.6 Å². The van der Waals surface area contributed by atoms with Gasteiger partial charge in [0, 0.05) is 42.2 Å². The minimum atomic E-state index is -1.09. The van der Waals surface area contributed by atoms with E-state index in [1.807, 2.05) is 4.90 Å². The number of aromatic nitrogens is 2. The fourth-order valence-corrected chi connectivity index (χ4v) is 5.77. The standard InChI is InChI=1S/C22H18Cl2N4O5S/c1-8-13(23)14(24)17(25-8)19(29)26-16-11-6-28(7-12(11)16)22-27-15(18(34-22)21(32)33)9-2-4-10(5-3-9)20(30)31/h2-5,11-12,16,25H,6-7H2,1H3,(H,26,29)(H,30,31)(H,32,33)/t11-,12+,16?. The fourth-order valence-electron chi connectivity index (χ4n) is 4.40. The first kappa shape index (κ1) is 22.7. The highest BCUT2D eigenvalue weighted by atomic mass is 35.5. The molecule has 3 atom stereocenters. The van der Waals surface area contributed by atoms with Crippen molar-refractivity contribution in [2.24, 2.45) is 11.8 Å². The van der Waals surface area contributed by atoms with Gasteiger partial charge in [0.25, 0.3) is 5.91 Å². The number of fused-ring (bicyclic) bond motifs is 1. The van der Waals surface area contributed by atoms with Gasteiger partial charge in [-0.3, -0.25) is 4.79 Å². The number of carbonyl (C=O) groups is 3. The summed E-state index contributed by atoms with van der Waals surface area (Å²) in [6.45, 7) is 3.01. The number of aromatic carboxylic acids is 2. The molecule has 2 fully saturated rings. The number of amides is 1. The molecule has 2 aliphatic rings. The number of aromatic amines is 1. The van der Waals surface area contributed by atoms with Crippen molar-refractivity contribution >= 4 is 57.5 Å². The van der Waals surface area contributed by atoms with Gasteiger partial charge in [-0.1, -0.05) is 46.7 Å². The van der Waals surface area contributed by atoms with E-state index >= 15 is 0 Å². The third kappa shape index (κ3) is 3.81. The summed E-state index contributed by atoms with van der Waals surface area (Å²) >= 11 is 13.3. The number of carboxylic acid groups (broad SMARTS) is 2. The average Bonchev–Trinajstić information content (AvgIpc) is 3.19. The first-order valence-electron chi connectivity index (χ1n) is 10.3. The first-order chi connectivity index (χ1) is 16.2. The molecule has 0 spiro atoms. The molecule has 3 aromatic rings. The first-order valence-corrected chi connectivity index (χ1v) is 11.9. The Kier molecular flexibility index (Phi) is 5.54. The molecular formula is C22H18Cl2N4O5S. The van der Waals surface area contributed by atoms with Crippen LogP contribution in [0, 0.1) is 18.8 Å². The number of piperidine rings is 1. The van der Waals surface area contributed by atoms with Gasteiger partial charge in [-0.25, -0.2) is 14.6 Å². The van der Waals surface area contributed by atoms with Gasteiger partial charge in [0.2, 0.25) is 0 Å². The van der Waals surface area contributed by atoms with Crippen LogP contribution in [0.4, 0.5) is 5.13 Å². The maximum atomic E-state index is 12.6. The van der Waals surface area contributed by atoms with Crippen molar-refractivity contribution in [3.63, 3.8) is 0 Å².